The maximum Gasteiger partial charge on any atom is 0.254 e. The van der Waals surface area contributed by atoms with Crippen LogP contribution in [-0.2, 0) is 10.0 Å². The van der Waals surface area contributed by atoms with Gasteiger partial charge in [-0.3, -0.25) is 4.79 Å². The van der Waals surface area contributed by atoms with Crippen LogP contribution in [0.5, 0.6) is 0 Å². The van der Waals surface area contributed by atoms with E-state index in [1.54, 1.807) is 19.1 Å². The second kappa shape index (κ2) is 8.41. The number of nitrogens with zero attached hydrogens (tertiary/aromatic N) is 1. The van der Waals surface area contributed by atoms with Gasteiger partial charge in [-0.1, -0.05) is 18.2 Å². The SMILES string of the molecule is C=CCNS(=O)(=O)c1cc(C(=O)N(C)C(C)c2ccc(F)cc2)ccc1F. The van der Waals surface area contributed by atoms with Gasteiger partial charge in [-0.2, -0.15) is 0 Å². The predicted molar refractivity (Wildman–Crippen MR) is 98.7 cm³/mol. The molecular weight excluding hydrogens is 374 g/mol. The fourth-order valence-corrected chi connectivity index (χ4v) is 3.53. The number of carbonyl (C=O) groups is 1. The molecule has 0 aliphatic rings. The zero-order chi connectivity index (χ0) is 20.2. The number of hydrogen-bond acceptors (Lipinski definition) is 3. The number of nitrogens with one attached hydrogen (secondary N) is 1. The van der Waals surface area contributed by atoms with E-state index >= 15 is 0 Å². The molecule has 1 N–H and O–H groups in total. The number of amides is 1. The highest BCUT2D eigenvalue weighted by molar-refractivity contribution is 7.89. The highest BCUT2D eigenvalue weighted by Gasteiger charge is 2.24. The summed E-state index contributed by atoms with van der Waals surface area (Å²) in [5.41, 5.74) is 0.724. The molecule has 1 unspecified atom stereocenters. The maximum atomic E-state index is 14.0. The van der Waals surface area contributed by atoms with Gasteiger partial charge in [0, 0.05) is 19.2 Å². The first-order chi connectivity index (χ1) is 12.7. The van der Waals surface area contributed by atoms with Gasteiger partial charge in [0.1, 0.15) is 16.5 Å². The van der Waals surface area contributed by atoms with Gasteiger partial charge in [0.2, 0.25) is 10.0 Å². The molecule has 0 bridgehead atoms. The van der Waals surface area contributed by atoms with Gasteiger partial charge in [0.05, 0.1) is 6.04 Å². The number of benzene rings is 2. The summed E-state index contributed by atoms with van der Waals surface area (Å²) in [5.74, 6) is -1.84. The zero-order valence-electron chi connectivity index (χ0n) is 14.9. The van der Waals surface area contributed by atoms with Crippen LogP contribution in [0.25, 0.3) is 0 Å². The highest BCUT2D eigenvalue weighted by Crippen LogP contribution is 2.23. The molecule has 0 aliphatic heterocycles. The predicted octanol–water partition coefficient (Wildman–Crippen LogP) is 3.26. The molecule has 0 aliphatic carbocycles. The summed E-state index contributed by atoms with van der Waals surface area (Å²) in [6.07, 6.45) is 1.32. The van der Waals surface area contributed by atoms with Crippen LogP contribution in [0.15, 0.2) is 60.0 Å². The molecule has 0 fully saturated rings. The van der Waals surface area contributed by atoms with Gasteiger partial charge in [-0.15, -0.1) is 6.58 Å². The van der Waals surface area contributed by atoms with Gasteiger partial charge in [-0.25, -0.2) is 21.9 Å². The lowest BCUT2D eigenvalue weighted by atomic mass is 10.1. The molecule has 0 spiro atoms. The quantitative estimate of drug-likeness (QED) is 0.733. The Morgan fingerprint density at radius 1 is 1.22 bits per heavy atom. The van der Waals surface area contributed by atoms with Crippen LogP contribution in [0.4, 0.5) is 8.78 Å². The summed E-state index contributed by atoms with van der Waals surface area (Å²) in [4.78, 5) is 13.5. The van der Waals surface area contributed by atoms with Crippen molar-refractivity contribution in [1.29, 1.82) is 0 Å². The second-order valence-electron chi connectivity index (χ2n) is 5.93. The first-order valence-corrected chi connectivity index (χ1v) is 9.58. The molecule has 0 aromatic heterocycles. The van der Waals surface area contributed by atoms with Crippen molar-refractivity contribution in [2.24, 2.45) is 0 Å². The minimum atomic E-state index is -4.12. The van der Waals surface area contributed by atoms with Crippen LogP contribution < -0.4 is 4.72 Å². The molecule has 0 heterocycles. The van der Waals surface area contributed by atoms with E-state index in [4.69, 9.17) is 0 Å². The summed E-state index contributed by atoms with van der Waals surface area (Å²) < 4.78 is 53.6. The Kier molecular flexibility index (Phi) is 6.45. The number of hydrogen-bond donors (Lipinski definition) is 1. The summed E-state index contributed by atoms with van der Waals surface area (Å²) >= 11 is 0. The molecule has 144 valence electrons. The first-order valence-electron chi connectivity index (χ1n) is 8.10. The third-order valence-electron chi connectivity index (χ3n) is 4.14. The molecule has 2 rings (SSSR count). The lowest BCUT2D eigenvalue weighted by Gasteiger charge is -2.25. The van der Waals surface area contributed by atoms with Crippen molar-refractivity contribution in [2.75, 3.05) is 13.6 Å². The standard InChI is InChI=1S/C19H20F2N2O3S/c1-4-11-22-27(25,26)18-12-15(7-10-17(18)21)19(24)23(3)13(2)14-5-8-16(20)9-6-14/h4-10,12-13,22H,1,11H2,2-3H3. The normalized spacial score (nSPS) is 12.4. The van der Waals surface area contributed by atoms with Crippen molar-refractivity contribution in [3.05, 3.63) is 77.9 Å². The smallest absolute Gasteiger partial charge is 0.254 e. The fraction of sp³-hybridized carbons (Fsp3) is 0.211. The lowest BCUT2D eigenvalue weighted by Crippen LogP contribution is -2.30. The van der Waals surface area contributed by atoms with Gasteiger partial charge in [0.25, 0.3) is 5.91 Å². The van der Waals surface area contributed by atoms with Crippen molar-refractivity contribution in [3.8, 4) is 0 Å². The van der Waals surface area contributed by atoms with Crippen molar-refractivity contribution in [3.63, 3.8) is 0 Å². The molecule has 1 amide bonds. The number of sulfonamides is 1. The first kappa shape index (κ1) is 20.7. The maximum absolute atomic E-state index is 14.0. The van der Waals surface area contributed by atoms with E-state index in [-0.39, 0.29) is 17.9 Å². The average Bonchev–Trinajstić information content (AvgIpc) is 2.65. The Balaban J connectivity index is 2.31. The third-order valence-corrected chi connectivity index (χ3v) is 5.58. The number of rotatable bonds is 7. The molecule has 0 saturated heterocycles. The van der Waals surface area contributed by atoms with Crippen molar-refractivity contribution >= 4 is 15.9 Å². The van der Waals surface area contributed by atoms with E-state index in [2.05, 4.69) is 11.3 Å². The highest BCUT2D eigenvalue weighted by atomic mass is 32.2. The average molecular weight is 394 g/mol. The van der Waals surface area contributed by atoms with E-state index in [1.807, 2.05) is 0 Å². The molecule has 27 heavy (non-hydrogen) atoms. The molecule has 5 nitrogen and oxygen atoms in total. The second-order valence-corrected chi connectivity index (χ2v) is 7.66. The van der Waals surface area contributed by atoms with E-state index in [0.29, 0.717) is 5.56 Å². The van der Waals surface area contributed by atoms with Crippen molar-refractivity contribution in [1.82, 2.24) is 9.62 Å². The van der Waals surface area contributed by atoms with Crippen molar-refractivity contribution < 1.29 is 22.0 Å². The minimum Gasteiger partial charge on any atom is -0.335 e. The summed E-state index contributed by atoms with van der Waals surface area (Å²) in [7, 11) is -2.59. The van der Waals surface area contributed by atoms with Crippen LogP contribution in [0, 0.1) is 11.6 Å². The van der Waals surface area contributed by atoms with Crippen LogP contribution in [0.1, 0.15) is 28.9 Å². The molecule has 2 aromatic carbocycles. The van der Waals surface area contributed by atoms with Crippen LogP contribution in [0.3, 0.4) is 0 Å². The fourth-order valence-electron chi connectivity index (χ4n) is 2.43. The van der Waals surface area contributed by atoms with E-state index in [1.165, 1.54) is 36.2 Å². The van der Waals surface area contributed by atoms with Crippen LogP contribution in [-0.4, -0.2) is 32.8 Å². The Morgan fingerprint density at radius 2 is 1.85 bits per heavy atom. The largest absolute Gasteiger partial charge is 0.335 e. The Bertz CT molecular complexity index is 944. The Hall–Kier alpha value is -2.58. The van der Waals surface area contributed by atoms with Gasteiger partial charge in [-0.05, 0) is 42.8 Å². The van der Waals surface area contributed by atoms with Gasteiger partial charge >= 0.3 is 0 Å². The third kappa shape index (κ3) is 4.78. The molecule has 0 radical (unpaired) electrons. The molecule has 0 saturated carbocycles. The molecular formula is C19H20F2N2O3S. The molecule has 2 aromatic rings. The van der Waals surface area contributed by atoms with Crippen LogP contribution >= 0.6 is 0 Å². The van der Waals surface area contributed by atoms with Crippen LogP contribution in [0.2, 0.25) is 0 Å². The van der Waals surface area contributed by atoms with E-state index < -0.39 is 32.7 Å². The topological polar surface area (TPSA) is 66.5 Å². The Labute approximate surface area is 157 Å². The van der Waals surface area contributed by atoms with Gasteiger partial charge < -0.3 is 4.90 Å². The van der Waals surface area contributed by atoms with E-state index in [9.17, 15) is 22.0 Å². The number of carbonyl (C=O) groups excluding carboxylic acids is 1. The van der Waals surface area contributed by atoms with Crippen molar-refractivity contribution in [2.45, 2.75) is 17.9 Å². The van der Waals surface area contributed by atoms with Gasteiger partial charge in [0.15, 0.2) is 0 Å². The van der Waals surface area contributed by atoms with E-state index in [0.717, 1.165) is 12.1 Å². The summed E-state index contributed by atoms with van der Waals surface area (Å²) in [6.45, 7) is 5.08. The minimum absolute atomic E-state index is 0.0202. The lowest BCUT2D eigenvalue weighted by molar-refractivity contribution is 0.0742. The summed E-state index contributed by atoms with van der Waals surface area (Å²) in [6, 6.07) is 8.45. The Morgan fingerprint density at radius 3 is 2.44 bits per heavy atom. The summed E-state index contributed by atoms with van der Waals surface area (Å²) in [5, 5.41) is 0. The zero-order valence-corrected chi connectivity index (χ0v) is 15.8. The molecule has 1 atom stereocenters. The number of halogens is 2. The monoisotopic (exact) mass is 394 g/mol. The molecule has 8 heteroatoms.